The zero-order chi connectivity index (χ0) is 14.5. The lowest BCUT2D eigenvalue weighted by atomic mass is 10.3. The SMILES string of the molecule is Cc1cc(C)nc(NNC(=S)Nc2ccc(F)cc2)n1. The molecular weight excluding hydrogens is 277 g/mol. The molecule has 2 aromatic rings. The molecule has 5 nitrogen and oxygen atoms in total. The minimum absolute atomic E-state index is 0.295. The first kappa shape index (κ1) is 14.1. The van der Waals surface area contributed by atoms with Gasteiger partial charge in [-0.2, -0.15) is 0 Å². The molecule has 2 rings (SSSR count). The van der Waals surface area contributed by atoms with Gasteiger partial charge in [-0.05, 0) is 56.4 Å². The lowest BCUT2D eigenvalue weighted by Gasteiger charge is -2.12. The molecule has 1 aromatic heterocycles. The summed E-state index contributed by atoms with van der Waals surface area (Å²) in [7, 11) is 0. The van der Waals surface area contributed by atoms with Gasteiger partial charge >= 0.3 is 0 Å². The van der Waals surface area contributed by atoms with Crippen molar-refractivity contribution in [1.82, 2.24) is 15.4 Å². The van der Waals surface area contributed by atoms with Crippen LogP contribution in [0.5, 0.6) is 0 Å². The molecule has 1 heterocycles. The van der Waals surface area contributed by atoms with Gasteiger partial charge < -0.3 is 5.32 Å². The number of thiocarbonyl (C=S) groups is 1. The number of aryl methyl sites for hydroxylation is 2. The van der Waals surface area contributed by atoms with E-state index in [2.05, 4.69) is 26.1 Å². The van der Waals surface area contributed by atoms with Crippen molar-refractivity contribution < 1.29 is 4.39 Å². The fourth-order valence-corrected chi connectivity index (χ4v) is 1.76. The fourth-order valence-electron chi connectivity index (χ4n) is 1.59. The molecule has 0 saturated carbocycles. The predicted molar refractivity (Wildman–Crippen MR) is 80.9 cm³/mol. The van der Waals surface area contributed by atoms with E-state index in [1.807, 2.05) is 19.9 Å². The minimum Gasteiger partial charge on any atom is -0.331 e. The summed E-state index contributed by atoms with van der Waals surface area (Å²) in [6, 6.07) is 7.77. The molecule has 0 unspecified atom stereocenters. The minimum atomic E-state index is -0.295. The van der Waals surface area contributed by atoms with Crippen molar-refractivity contribution in [3.63, 3.8) is 0 Å². The Morgan fingerprint density at radius 1 is 1.10 bits per heavy atom. The second-order valence-corrected chi connectivity index (χ2v) is 4.59. The van der Waals surface area contributed by atoms with Crippen LogP contribution in [0.15, 0.2) is 30.3 Å². The van der Waals surface area contributed by atoms with Crippen LogP contribution in [0.4, 0.5) is 16.0 Å². The zero-order valence-electron chi connectivity index (χ0n) is 11.1. The molecule has 0 amide bonds. The Balaban J connectivity index is 1.90. The van der Waals surface area contributed by atoms with E-state index in [1.54, 1.807) is 12.1 Å². The summed E-state index contributed by atoms with van der Waals surface area (Å²) in [5, 5.41) is 3.24. The highest BCUT2D eigenvalue weighted by Gasteiger charge is 2.01. The number of aromatic nitrogens is 2. The van der Waals surface area contributed by atoms with Crippen molar-refractivity contribution in [2.75, 3.05) is 10.7 Å². The molecular formula is C13H14FN5S. The van der Waals surface area contributed by atoms with E-state index in [0.29, 0.717) is 16.7 Å². The van der Waals surface area contributed by atoms with Gasteiger partial charge in [-0.1, -0.05) is 0 Å². The van der Waals surface area contributed by atoms with E-state index in [0.717, 1.165) is 11.4 Å². The van der Waals surface area contributed by atoms with E-state index >= 15 is 0 Å². The fraction of sp³-hybridized carbons (Fsp3) is 0.154. The first-order valence-corrected chi connectivity index (χ1v) is 6.34. The number of hydrogen-bond donors (Lipinski definition) is 3. The highest BCUT2D eigenvalue weighted by molar-refractivity contribution is 7.80. The van der Waals surface area contributed by atoms with Gasteiger partial charge in [0.15, 0.2) is 5.11 Å². The molecule has 7 heteroatoms. The molecule has 0 atom stereocenters. The van der Waals surface area contributed by atoms with Crippen LogP contribution in [0.2, 0.25) is 0 Å². The Morgan fingerprint density at radius 3 is 2.30 bits per heavy atom. The van der Waals surface area contributed by atoms with E-state index in [1.165, 1.54) is 12.1 Å². The summed E-state index contributed by atoms with van der Waals surface area (Å²) in [5.74, 6) is 0.141. The van der Waals surface area contributed by atoms with E-state index in [-0.39, 0.29) is 5.82 Å². The van der Waals surface area contributed by atoms with Crippen molar-refractivity contribution in [3.05, 3.63) is 47.5 Å². The van der Waals surface area contributed by atoms with Crippen molar-refractivity contribution in [1.29, 1.82) is 0 Å². The number of hydrazine groups is 1. The molecule has 0 bridgehead atoms. The van der Waals surface area contributed by atoms with Gasteiger partial charge in [0.25, 0.3) is 0 Å². The van der Waals surface area contributed by atoms with Gasteiger partial charge in [0.2, 0.25) is 5.95 Å². The molecule has 20 heavy (non-hydrogen) atoms. The number of benzene rings is 1. The Morgan fingerprint density at radius 2 is 1.70 bits per heavy atom. The largest absolute Gasteiger partial charge is 0.331 e. The normalized spacial score (nSPS) is 9.95. The third-order valence-corrected chi connectivity index (χ3v) is 2.58. The van der Waals surface area contributed by atoms with Crippen molar-refractivity contribution in [2.45, 2.75) is 13.8 Å². The van der Waals surface area contributed by atoms with Crippen LogP contribution in [-0.4, -0.2) is 15.1 Å². The molecule has 104 valence electrons. The van der Waals surface area contributed by atoms with Gasteiger partial charge in [0, 0.05) is 17.1 Å². The number of halogens is 1. The maximum Gasteiger partial charge on any atom is 0.242 e. The highest BCUT2D eigenvalue weighted by Crippen LogP contribution is 2.08. The third kappa shape index (κ3) is 4.13. The molecule has 0 fully saturated rings. The quantitative estimate of drug-likeness (QED) is 0.597. The number of rotatable bonds is 3. The van der Waals surface area contributed by atoms with E-state index in [4.69, 9.17) is 12.2 Å². The highest BCUT2D eigenvalue weighted by atomic mass is 32.1. The number of hydrogen-bond acceptors (Lipinski definition) is 4. The molecule has 0 aliphatic carbocycles. The average Bonchev–Trinajstić information content (AvgIpc) is 2.38. The van der Waals surface area contributed by atoms with Gasteiger partial charge in [-0.15, -0.1) is 0 Å². The van der Waals surface area contributed by atoms with Crippen LogP contribution in [0.25, 0.3) is 0 Å². The van der Waals surface area contributed by atoms with Crippen LogP contribution >= 0.6 is 12.2 Å². The Hall–Kier alpha value is -2.28. The zero-order valence-corrected chi connectivity index (χ0v) is 11.9. The predicted octanol–water partition coefficient (Wildman–Crippen LogP) is 2.55. The first-order chi connectivity index (χ1) is 9.52. The van der Waals surface area contributed by atoms with Crippen LogP contribution in [-0.2, 0) is 0 Å². The van der Waals surface area contributed by atoms with Crippen LogP contribution in [0.3, 0.4) is 0 Å². The van der Waals surface area contributed by atoms with Gasteiger partial charge in [0.1, 0.15) is 5.82 Å². The lowest BCUT2D eigenvalue weighted by Crippen LogP contribution is -2.34. The second-order valence-electron chi connectivity index (χ2n) is 4.19. The average molecular weight is 291 g/mol. The Bertz CT molecular complexity index is 594. The monoisotopic (exact) mass is 291 g/mol. The number of nitrogens with one attached hydrogen (secondary N) is 3. The molecule has 0 aliphatic rings. The van der Waals surface area contributed by atoms with Crippen LogP contribution < -0.4 is 16.2 Å². The third-order valence-electron chi connectivity index (χ3n) is 2.37. The Labute approximate surface area is 121 Å². The summed E-state index contributed by atoms with van der Waals surface area (Å²) in [6.45, 7) is 3.77. The summed E-state index contributed by atoms with van der Waals surface area (Å²) in [4.78, 5) is 8.41. The number of nitrogens with zero attached hydrogens (tertiary/aromatic N) is 2. The van der Waals surface area contributed by atoms with Crippen molar-refractivity contribution in [2.24, 2.45) is 0 Å². The smallest absolute Gasteiger partial charge is 0.242 e. The second kappa shape index (κ2) is 6.25. The molecule has 0 spiro atoms. The molecule has 0 aliphatic heterocycles. The lowest BCUT2D eigenvalue weighted by molar-refractivity contribution is 0.628. The van der Waals surface area contributed by atoms with E-state index < -0.39 is 0 Å². The molecule has 3 N–H and O–H groups in total. The summed E-state index contributed by atoms with van der Waals surface area (Å²) in [5.41, 5.74) is 7.98. The van der Waals surface area contributed by atoms with Gasteiger partial charge in [-0.3, -0.25) is 10.9 Å². The van der Waals surface area contributed by atoms with Gasteiger partial charge in [-0.25, -0.2) is 14.4 Å². The standard InChI is InChI=1S/C13H14FN5S/c1-8-7-9(2)16-12(15-8)18-19-13(20)17-11-5-3-10(14)4-6-11/h3-7H,1-2H3,(H,15,16,18)(H2,17,19,20). The topological polar surface area (TPSA) is 61.9 Å². The molecule has 0 radical (unpaired) electrons. The summed E-state index contributed by atoms with van der Waals surface area (Å²) < 4.78 is 12.8. The van der Waals surface area contributed by atoms with Crippen molar-refractivity contribution in [3.8, 4) is 0 Å². The first-order valence-electron chi connectivity index (χ1n) is 5.94. The molecule has 0 saturated heterocycles. The summed E-state index contributed by atoms with van der Waals surface area (Å²) in [6.07, 6.45) is 0. The van der Waals surface area contributed by atoms with Crippen molar-refractivity contribution >= 4 is 29.0 Å². The maximum atomic E-state index is 12.8. The van der Waals surface area contributed by atoms with Crippen LogP contribution in [0.1, 0.15) is 11.4 Å². The number of anilines is 2. The maximum absolute atomic E-state index is 12.8. The molecule has 1 aromatic carbocycles. The van der Waals surface area contributed by atoms with Gasteiger partial charge in [0.05, 0.1) is 0 Å². The Kier molecular flexibility index (Phi) is 4.41. The van der Waals surface area contributed by atoms with Crippen LogP contribution in [0, 0.1) is 19.7 Å². The summed E-state index contributed by atoms with van der Waals surface area (Å²) >= 11 is 5.10. The van der Waals surface area contributed by atoms with E-state index in [9.17, 15) is 4.39 Å².